The molecule has 0 atom stereocenters. The smallest absolute Gasteiger partial charge is 0.338 e. The second-order valence-corrected chi connectivity index (χ2v) is 3.29. The van der Waals surface area contributed by atoms with Gasteiger partial charge in [0, 0.05) is 5.56 Å². The summed E-state index contributed by atoms with van der Waals surface area (Å²) in [7, 11) is 0. The Morgan fingerprint density at radius 1 is 1.59 bits per heavy atom. The van der Waals surface area contributed by atoms with E-state index in [0.717, 1.165) is 6.07 Å². The zero-order valence-corrected chi connectivity index (χ0v) is 9.60. The van der Waals surface area contributed by atoms with Crippen LogP contribution in [0, 0.1) is 5.95 Å². The summed E-state index contributed by atoms with van der Waals surface area (Å²) < 4.78 is 42.8. The van der Waals surface area contributed by atoms with Crippen LogP contribution in [0.3, 0.4) is 0 Å². The normalized spacial score (nSPS) is 10.7. The van der Waals surface area contributed by atoms with Crippen LogP contribution in [0.5, 0.6) is 0 Å². The summed E-state index contributed by atoms with van der Waals surface area (Å²) in [5.74, 6) is -2.43. The number of hydrogen-bond acceptors (Lipinski definition) is 3. The minimum atomic E-state index is -2.97. The predicted molar refractivity (Wildman–Crippen MR) is 54.7 cm³/mol. The average molecular weight is 268 g/mol. The van der Waals surface area contributed by atoms with Crippen molar-refractivity contribution in [3.8, 4) is 0 Å². The Bertz CT molecular complexity index is 426. The number of hydrogen-bond donors (Lipinski definition) is 0. The molecule has 0 spiro atoms. The van der Waals surface area contributed by atoms with Crippen molar-refractivity contribution in [3.05, 3.63) is 28.8 Å². The Morgan fingerprint density at radius 3 is 2.71 bits per heavy atom. The molecule has 0 fully saturated rings. The fourth-order valence-electron chi connectivity index (χ4n) is 1.19. The van der Waals surface area contributed by atoms with Gasteiger partial charge < -0.3 is 4.74 Å². The molecule has 0 aliphatic heterocycles. The second-order valence-electron chi connectivity index (χ2n) is 3.02. The van der Waals surface area contributed by atoms with Gasteiger partial charge in [0.2, 0.25) is 5.95 Å². The van der Waals surface area contributed by atoms with Crippen LogP contribution >= 0.6 is 11.6 Å². The molecule has 0 radical (unpaired) electrons. The topological polar surface area (TPSA) is 39.2 Å². The number of nitrogens with zero attached hydrogens (tertiary/aromatic N) is 1. The lowest BCUT2D eigenvalue weighted by Crippen LogP contribution is -2.12. The van der Waals surface area contributed by atoms with Gasteiger partial charge in [0.05, 0.1) is 18.1 Å². The van der Waals surface area contributed by atoms with Crippen LogP contribution in [0.4, 0.5) is 13.2 Å². The third kappa shape index (κ3) is 3.09. The summed E-state index contributed by atoms with van der Waals surface area (Å²) in [6.07, 6.45) is -2.97. The van der Waals surface area contributed by atoms with E-state index < -0.39 is 24.0 Å². The molecule has 0 aromatic carbocycles. The zero-order chi connectivity index (χ0) is 13.0. The van der Waals surface area contributed by atoms with Gasteiger partial charge in [0.25, 0.3) is 6.43 Å². The van der Waals surface area contributed by atoms with E-state index in [-0.39, 0.29) is 23.6 Å². The summed E-state index contributed by atoms with van der Waals surface area (Å²) >= 11 is 5.44. The fourth-order valence-corrected chi connectivity index (χ4v) is 1.44. The van der Waals surface area contributed by atoms with Crippen molar-refractivity contribution < 1.29 is 22.7 Å². The van der Waals surface area contributed by atoms with E-state index in [1.165, 1.54) is 0 Å². The molecule has 1 aromatic heterocycles. The lowest BCUT2D eigenvalue weighted by Gasteiger charge is -2.09. The number of halogens is 4. The molecule has 1 aromatic rings. The Balaban J connectivity index is 3.28. The number of pyridine rings is 1. The molecule has 3 nitrogen and oxygen atoms in total. The third-order valence-electron chi connectivity index (χ3n) is 1.95. The largest absolute Gasteiger partial charge is 0.462 e. The highest BCUT2D eigenvalue weighted by Crippen LogP contribution is 2.23. The predicted octanol–water partition coefficient (Wildman–Crippen LogP) is 3.07. The molecule has 1 heterocycles. The van der Waals surface area contributed by atoms with Gasteiger partial charge in [-0.15, -0.1) is 11.6 Å². The summed E-state index contributed by atoms with van der Waals surface area (Å²) in [6, 6.07) is 0.795. The molecule has 0 bridgehead atoms. The van der Waals surface area contributed by atoms with E-state index in [0.29, 0.717) is 0 Å². The molecule has 0 N–H and O–H groups in total. The van der Waals surface area contributed by atoms with Gasteiger partial charge in [0.1, 0.15) is 5.69 Å². The second kappa shape index (κ2) is 5.86. The van der Waals surface area contributed by atoms with E-state index in [2.05, 4.69) is 9.72 Å². The maximum atomic E-state index is 13.3. The molecule has 0 saturated heterocycles. The van der Waals surface area contributed by atoms with Crippen LogP contribution in [0.15, 0.2) is 6.07 Å². The highest BCUT2D eigenvalue weighted by Gasteiger charge is 2.21. The summed E-state index contributed by atoms with van der Waals surface area (Å²) in [5, 5.41) is 0. The quantitative estimate of drug-likeness (QED) is 0.478. The first-order valence-corrected chi connectivity index (χ1v) is 5.25. The Labute approximate surface area is 101 Å². The Morgan fingerprint density at radius 2 is 2.24 bits per heavy atom. The van der Waals surface area contributed by atoms with Crippen LogP contribution in [-0.2, 0) is 10.6 Å². The van der Waals surface area contributed by atoms with Crippen LogP contribution in [0.1, 0.15) is 35.0 Å². The molecule has 1 rings (SSSR count). The van der Waals surface area contributed by atoms with Crippen molar-refractivity contribution in [1.82, 2.24) is 4.98 Å². The minimum absolute atomic E-state index is 0.0501. The van der Waals surface area contributed by atoms with Gasteiger partial charge in [-0.3, -0.25) is 0 Å². The summed E-state index contributed by atoms with van der Waals surface area (Å²) in [6.45, 7) is 1.60. The molecule has 0 saturated carbocycles. The van der Waals surface area contributed by atoms with Crippen molar-refractivity contribution in [2.24, 2.45) is 0 Å². The van der Waals surface area contributed by atoms with E-state index in [9.17, 15) is 18.0 Å². The van der Waals surface area contributed by atoms with Crippen LogP contribution in [0.2, 0.25) is 0 Å². The maximum absolute atomic E-state index is 13.3. The minimum Gasteiger partial charge on any atom is -0.462 e. The average Bonchev–Trinajstić information content (AvgIpc) is 2.28. The van der Waals surface area contributed by atoms with Gasteiger partial charge in [-0.05, 0) is 13.0 Å². The molecule has 0 aliphatic carbocycles. The van der Waals surface area contributed by atoms with E-state index in [4.69, 9.17) is 11.6 Å². The SMILES string of the molecule is CCOC(=O)c1cc(C(F)F)nc(F)c1CCl. The number of esters is 1. The lowest BCUT2D eigenvalue weighted by molar-refractivity contribution is 0.0523. The highest BCUT2D eigenvalue weighted by molar-refractivity contribution is 6.17. The maximum Gasteiger partial charge on any atom is 0.338 e. The van der Waals surface area contributed by atoms with Gasteiger partial charge in [-0.25, -0.2) is 18.6 Å². The molecule has 0 aliphatic rings. The lowest BCUT2D eigenvalue weighted by atomic mass is 10.1. The molecule has 0 unspecified atom stereocenters. The number of carbonyl (C=O) groups excluding carboxylic acids is 1. The van der Waals surface area contributed by atoms with Gasteiger partial charge in [-0.1, -0.05) is 0 Å². The van der Waals surface area contributed by atoms with Crippen LogP contribution in [0.25, 0.3) is 0 Å². The molecule has 0 amide bonds. The van der Waals surface area contributed by atoms with Crippen molar-refractivity contribution in [2.75, 3.05) is 6.61 Å². The van der Waals surface area contributed by atoms with Crippen molar-refractivity contribution >= 4 is 17.6 Å². The standard InChI is InChI=1S/C10H9ClF3NO2/c1-2-17-10(16)5-3-7(8(12)13)15-9(14)6(5)4-11/h3,8H,2,4H2,1H3. The van der Waals surface area contributed by atoms with Crippen molar-refractivity contribution in [3.63, 3.8) is 0 Å². The first-order valence-electron chi connectivity index (χ1n) is 4.71. The van der Waals surface area contributed by atoms with Crippen LogP contribution in [-0.4, -0.2) is 17.6 Å². The summed E-state index contributed by atoms with van der Waals surface area (Å²) in [5.41, 5.74) is -1.38. The van der Waals surface area contributed by atoms with Gasteiger partial charge >= 0.3 is 5.97 Å². The first-order chi connectivity index (χ1) is 8.01. The molecule has 7 heteroatoms. The summed E-state index contributed by atoms with van der Waals surface area (Å²) in [4.78, 5) is 14.5. The Hall–Kier alpha value is -1.30. The fraction of sp³-hybridized carbons (Fsp3) is 0.400. The number of carbonyl (C=O) groups is 1. The number of ether oxygens (including phenoxy) is 1. The first kappa shape index (κ1) is 13.8. The molecule has 94 valence electrons. The van der Waals surface area contributed by atoms with Crippen molar-refractivity contribution in [1.29, 1.82) is 0 Å². The molecule has 17 heavy (non-hydrogen) atoms. The zero-order valence-electron chi connectivity index (χ0n) is 8.84. The molecular formula is C10H9ClF3NO2. The number of alkyl halides is 3. The van der Waals surface area contributed by atoms with Crippen LogP contribution < -0.4 is 0 Å². The molecular weight excluding hydrogens is 259 g/mol. The van der Waals surface area contributed by atoms with Gasteiger partial charge in [-0.2, -0.15) is 4.39 Å². The monoisotopic (exact) mass is 267 g/mol. The van der Waals surface area contributed by atoms with Gasteiger partial charge in [0.15, 0.2) is 0 Å². The van der Waals surface area contributed by atoms with E-state index >= 15 is 0 Å². The number of aromatic nitrogens is 1. The Kier molecular flexibility index (Phi) is 4.74. The highest BCUT2D eigenvalue weighted by atomic mass is 35.5. The van der Waals surface area contributed by atoms with Crippen molar-refractivity contribution in [2.45, 2.75) is 19.2 Å². The van der Waals surface area contributed by atoms with E-state index in [1.807, 2.05) is 0 Å². The third-order valence-corrected chi connectivity index (χ3v) is 2.21. The van der Waals surface area contributed by atoms with E-state index in [1.54, 1.807) is 6.92 Å². The number of rotatable bonds is 4.